The predicted octanol–water partition coefficient (Wildman–Crippen LogP) is 5.37. The number of para-hydroxylation sites is 1. The van der Waals surface area contributed by atoms with Crippen LogP contribution < -0.4 is 10.2 Å². The van der Waals surface area contributed by atoms with E-state index in [-0.39, 0.29) is 5.69 Å². The zero-order chi connectivity index (χ0) is 23.1. The predicted molar refractivity (Wildman–Crippen MR) is 124 cm³/mol. The van der Waals surface area contributed by atoms with Gasteiger partial charge in [0, 0.05) is 11.6 Å². The average Bonchev–Trinajstić information content (AvgIpc) is 2.78. The molecule has 0 spiro atoms. The highest BCUT2D eigenvalue weighted by atomic mass is 16.6. The van der Waals surface area contributed by atoms with Gasteiger partial charge >= 0.3 is 0 Å². The first kappa shape index (κ1) is 22.7. The Kier molecular flexibility index (Phi) is 7.33. The minimum Gasteiger partial charge on any atom is -0.489 e. The number of nitro benzene ring substituents is 1. The van der Waals surface area contributed by atoms with E-state index in [1.54, 1.807) is 30.3 Å². The maximum Gasteiger partial charge on any atom is 0.278 e. The molecule has 1 amide bonds. The van der Waals surface area contributed by atoms with Crippen molar-refractivity contribution in [2.45, 2.75) is 33.3 Å². The number of nitrogens with zero attached hydrogens (tertiary/aromatic N) is 2. The summed E-state index contributed by atoms with van der Waals surface area (Å²) in [4.78, 5) is 22.8. The van der Waals surface area contributed by atoms with E-state index in [9.17, 15) is 14.9 Å². The molecule has 3 rings (SSSR count). The highest BCUT2D eigenvalue weighted by molar-refractivity contribution is 5.95. The molecule has 7 nitrogen and oxygen atoms in total. The molecule has 0 radical (unpaired) electrons. The minimum absolute atomic E-state index is 0.0796. The first-order chi connectivity index (χ1) is 15.3. The third-order valence-corrected chi connectivity index (χ3v) is 4.90. The molecular formula is C25H25N3O4. The number of rotatable bonds is 8. The van der Waals surface area contributed by atoms with Crippen molar-refractivity contribution < 1.29 is 14.5 Å². The molecule has 0 unspecified atom stereocenters. The molecule has 0 heterocycles. The molecule has 0 fully saturated rings. The monoisotopic (exact) mass is 431 g/mol. The van der Waals surface area contributed by atoms with Crippen LogP contribution in [0.1, 0.15) is 52.4 Å². The molecule has 0 bridgehead atoms. The Morgan fingerprint density at radius 3 is 2.53 bits per heavy atom. The Hall–Kier alpha value is -4.00. The van der Waals surface area contributed by atoms with Gasteiger partial charge in [-0.25, -0.2) is 5.43 Å². The number of amides is 1. The third kappa shape index (κ3) is 5.78. The van der Waals surface area contributed by atoms with E-state index in [0.717, 1.165) is 22.4 Å². The van der Waals surface area contributed by atoms with Crippen molar-refractivity contribution >= 4 is 17.8 Å². The van der Waals surface area contributed by atoms with Crippen molar-refractivity contribution in [1.82, 2.24) is 5.43 Å². The number of hydrazone groups is 1. The SMILES string of the molecule is Cc1ccc(C(C)C)c(OCc2ccc(C(=O)N/N=C/c3ccccc3[N+](=O)[O-])cc2)c1. The number of carbonyl (C=O) groups is 1. The molecule has 0 aliphatic carbocycles. The Labute approximate surface area is 186 Å². The first-order valence-electron chi connectivity index (χ1n) is 10.2. The van der Waals surface area contributed by atoms with Crippen molar-refractivity contribution in [3.05, 3.63) is 105 Å². The molecule has 3 aromatic rings. The Bertz CT molecular complexity index is 1140. The molecular weight excluding hydrogens is 406 g/mol. The van der Waals surface area contributed by atoms with Gasteiger partial charge < -0.3 is 4.74 Å². The second-order valence-electron chi connectivity index (χ2n) is 7.70. The van der Waals surface area contributed by atoms with E-state index in [1.165, 1.54) is 12.3 Å². The van der Waals surface area contributed by atoms with E-state index in [2.05, 4.69) is 36.5 Å². The van der Waals surface area contributed by atoms with E-state index in [4.69, 9.17) is 4.74 Å². The van der Waals surface area contributed by atoms with Gasteiger partial charge in [0.2, 0.25) is 0 Å². The van der Waals surface area contributed by atoms with Crippen molar-refractivity contribution in [3.8, 4) is 5.75 Å². The molecule has 3 aromatic carbocycles. The van der Waals surface area contributed by atoms with Crippen LogP contribution >= 0.6 is 0 Å². The second kappa shape index (κ2) is 10.3. The second-order valence-corrected chi connectivity index (χ2v) is 7.70. The molecule has 0 aliphatic heterocycles. The van der Waals surface area contributed by atoms with Gasteiger partial charge in [-0.15, -0.1) is 0 Å². The molecule has 7 heteroatoms. The van der Waals surface area contributed by atoms with Gasteiger partial charge in [0.05, 0.1) is 16.7 Å². The zero-order valence-electron chi connectivity index (χ0n) is 18.2. The summed E-state index contributed by atoms with van der Waals surface area (Å²) in [5.74, 6) is 0.814. The minimum atomic E-state index is -0.495. The lowest BCUT2D eigenvalue weighted by molar-refractivity contribution is -0.385. The van der Waals surface area contributed by atoms with Crippen LogP contribution in [0.5, 0.6) is 5.75 Å². The van der Waals surface area contributed by atoms with Crippen molar-refractivity contribution in [1.29, 1.82) is 0 Å². The summed E-state index contributed by atoms with van der Waals surface area (Å²) in [5.41, 5.74) is 6.27. The number of hydrogen-bond acceptors (Lipinski definition) is 5. The first-order valence-corrected chi connectivity index (χ1v) is 10.2. The number of aryl methyl sites for hydroxylation is 1. The number of hydrogen-bond donors (Lipinski definition) is 1. The number of carbonyl (C=O) groups excluding carboxylic acids is 1. The summed E-state index contributed by atoms with van der Waals surface area (Å²) in [5, 5.41) is 14.9. The normalized spacial score (nSPS) is 11.0. The van der Waals surface area contributed by atoms with E-state index in [1.807, 2.05) is 25.1 Å². The number of nitrogens with one attached hydrogen (secondary N) is 1. The van der Waals surface area contributed by atoms with Gasteiger partial charge in [-0.2, -0.15) is 5.10 Å². The Balaban J connectivity index is 1.61. The van der Waals surface area contributed by atoms with Crippen LogP contribution in [0.15, 0.2) is 71.8 Å². The van der Waals surface area contributed by atoms with Gasteiger partial charge in [0.25, 0.3) is 11.6 Å². The highest BCUT2D eigenvalue weighted by Gasteiger charge is 2.11. The van der Waals surface area contributed by atoms with Crippen LogP contribution in [0.25, 0.3) is 0 Å². The van der Waals surface area contributed by atoms with Gasteiger partial charge in [-0.1, -0.05) is 50.2 Å². The molecule has 0 aliphatic rings. The summed E-state index contributed by atoms with van der Waals surface area (Å²) < 4.78 is 6.03. The maximum absolute atomic E-state index is 12.3. The molecule has 0 saturated carbocycles. The summed E-state index contributed by atoms with van der Waals surface area (Å²) in [6.45, 7) is 6.68. The Morgan fingerprint density at radius 1 is 1.12 bits per heavy atom. The molecule has 32 heavy (non-hydrogen) atoms. The third-order valence-electron chi connectivity index (χ3n) is 4.90. The van der Waals surface area contributed by atoms with Gasteiger partial charge in [-0.3, -0.25) is 14.9 Å². The summed E-state index contributed by atoms with van der Waals surface area (Å²) in [6, 6.07) is 19.4. The molecule has 164 valence electrons. The van der Waals surface area contributed by atoms with Crippen LogP contribution in [-0.2, 0) is 6.61 Å². The lowest BCUT2D eigenvalue weighted by Gasteiger charge is -2.15. The van der Waals surface area contributed by atoms with Gasteiger partial charge in [-0.05, 0) is 53.8 Å². The molecule has 1 N–H and O–H groups in total. The average molecular weight is 431 g/mol. The lowest BCUT2D eigenvalue weighted by Crippen LogP contribution is -2.17. The fourth-order valence-corrected chi connectivity index (χ4v) is 3.14. The molecule has 0 aromatic heterocycles. The summed E-state index contributed by atoms with van der Waals surface area (Å²) in [7, 11) is 0. The lowest BCUT2D eigenvalue weighted by atomic mass is 10.0. The standard InChI is InChI=1S/C25H25N3O4/c1-17(2)22-13-8-18(3)14-24(22)32-16-19-9-11-20(12-10-19)25(29)27-26-15-21-6-4-5-7-23(21)28(30)31/h4-15,17H,16H2,1-3H3,(H,27,29)/b26-15+. The van der Waals surface area contributed by atoms with Crippen LogP contribution in [0, 0.1) is 17.0 Å². The number of ether oxygens (including phenoxy) is 1. The summed E-state index contributed by atoms with van der Waals surface area (Å²) in [6.07, 6.45) is 1.26. The fraction of sp³-hybridized carbons (Fsp3) is 0.200. The van der Waals surface area contributed by atoms with Gasteiger partial charge in [0.15, 0.2) is 0 Å². The smallest absolute Gasteiger partial charge is 0.278 e. The van der Waals surface area contributed by atoms with Crippen LogP contribution in [-0.4, -0.2) is 17.0 Å². The van der Waals surface area contributed by atoms with Crippen molar-refractivity contribution in [2.75, 3.05) is 0 Å². The van der Waals surface area contributed by atoms with Crippen LogP contribution in [0.4, 0.5) is 5.69 Å². The summed E-state index contributed by atoms with van der Waals surface area (Å²) >= 11 is 0. The van der Waals surface area contributed by atoms with E-state index >= 15 is 0 Å². The molecule has 0 atom stereocenters. The van der Waals surface area contributed by atoms with Gasteiger partial charge in [0.1, 0.15) is 12.4 Å². The Morgan fingerprint density at radius 2 is 1.84 bits per heavy atom. The van der Waals surface area contributed by atoms with Crippen LogP contribution in [0.2, 0.25) is 0 Å². The van der Waals surface area contributed by atoms with Crippen molar-refractivity contribution in [3.63, 3.8) is 0 Å². The number of nitro groups is 1. The van der Waals surface area contributed by atoms with E-state index in [0.29, 0.717) is 23.7 Å². The topological polar surface area (TPSA) is 93.8 Å². The zero-order valence-corrected chi connectivity index (χ0v) is 18.2. The number of benzene rings is 3. The molecule has 0 saturated heterocycles. The quantitative estimate of drug-likeness (QED) is 0.295. The fourth-order valence-electron chi connectivity index (χ4n) is 3.14. The van der Waals surface area contributed by atoms with Crippen LogP contribution in [0.3, 0.4) is 0 Å². The maximum atomic E-state index is 12.3. The van der Waals surface area contributed by atoms with E-state index < -0.39 is 10.8 Å². The largest absolute Gasteiger partial charge is 0.489 e. The van der Waals surface area contributed by atoms with Crippen molar-refractivity contribution in [2.24, 2.45) is 5.10 Å². The highest BCUT2D eigenvalue weighted by Crippen LogP contribution is 2.28.